The van der Waals surface area contributed by atoms with Gasteiger partial charge in [0, 0.05) is 36.3 Å². The van der Waals surface area contributed by atoms with Crippen molar-refractivity contribution in [3.8, 4) is 0 Å². The van der Waals surface area contributed by atoms with Crippen LogP contribution in [-0.4, -0.2) is 22.4 Å². The Morgan fingerprint density at radius 2 is 2.25 bits per heavy atom. The number of nitrogens with zero attached hydrogens (tertiary/aromatic N) is 1. The zero-order chi connectivity index (χ0) is 14.2. The fraction of sp³-hybridized carbons (Fsp3) is 0.333. The lowest BCUT2D eigenvalue weighted by atomic mass is 10.1. The van der Waals surface area contributed by atoms with E-state index in [0.29, 0.717) is 13.0 Å². The first-order valence-electron chi connectivity index (χ1n) is 6.73. The zero-order valence-corrected chi connectivity index (χ0v) is 12.8. The predicted molar refractivity (Wildman–Crippen MR) is 82.4 cm³/mol. The number of carbonyl (C=O) groups is 1. The third-order valence-corrected chi connectivity index (χ3v) is 3.49. The molecule has 1 aromatic carbocycles. The monoisotopic (exact) mass is 335 g/mol. The minimum atomic E-state index is 0.101. The second-order valence-corrected chi connectivity index (χ2v) is 5.53. The van der Waals surface area contributed by atoms with E-state index in [9.17, 15) is 4.79 Å². The standard InChI is InChI=1S/C15H18BrN3O/c16-13-4-1-3-12(11-13)6-7-15(20)19-8-2-5-14-17-9-10-18-14/h1,3-4,9-11H,2,5-8H2,(H,17,18)(H,19,20). The number of aromatic amines is 1. The van der Waals surface area contributed by atoms with E-state index in [-0.39, 0.29) is 5.91 Å². The number of rotatable bonds is 7. The van der Waals surface area contributed by atoms with Gasteiger partial charge >= 0.3 is 0 Å². The van der Waals surface area contributed by atoms with Crippen LogP contribution in [0.25, 0.3) is 0 Å². The fourth-order valence-corrected chi connectivity index (χ4v) is 2.40. The third-order valence-electron chi connectivity index (χ3n) is 3.00. The molecule has 0 aliphatic rings. The van der Waals surface area contributed by atoms with Gasteiger partial charge in [0.25, 0.3) is 0 Å². The minimum absolute atomic E-state index is 0.101. The summed E-state index contributed by atoms with van der Waals surface area (Å²) in [5, 5.41) is 2.94. The van der Waals surface area contributed by atoms with Gasteiger partial charge in [0.15, 0.2) is 0 Å². The molecule has 0 bridgehead atoms. The summed E-state index contributed by atoms with van der Waals surface area (Å²) in [7, 11) is 0. The molecule has 1 amide bonds. The van der Waals surface area contributed by atoms with Crippen molar-refractivity contribution in [3.63, 3.8) is 0 Å². The van der Waals surface area contributed by atoms with Crippen LogP contribution >= 0.6 is 15.9 Å². The summed E-state index contributed by atoms with van der Waals surface area (Å²) >= 11 is 3.43. The molecule has 2 aromatic rings. The van der Waals surface area contributed by atoms with E-state index < -0.39 is 0 Å². The summed E-state index contributed by atoms with van der Waals surface area (Å²) in [6.45, 7) is 0.692. The maximum Gasteiger partial charge on any atom is 0.220 e. The summed E-state index contributed by atoms with van der Waals surface area (Å²) in [6, 6.07) is 8.05. The first kappa shape index (κ1) is 14.8. The van der Waals surface area contributed by atoms with Gasteiger partial charge in [0.05, 0.1) is 0 Å². The van der Waals surface area contributed by atoms with E-state index in [1.807, 2.05) is 30.5 Å². The predicted octanol–water partition coefficient (Wildman–Crippen LogP) is 2.85. The molecule has 0 spiro atoms. The Bertz CT molecular complexity index is 540. The number of aromatic nitrogens is 2. The van der Waals surface area contributed by atoms with Crippen LogP contribution in [0.1, 0.15) is 24.2 Å². The van der Waals surface area contributed by atoms with Gasteiger partial charge in [-0.05, 0) is 30.5 Å². The second-order valence-electron chi connectivity index (χ2n) is 4.62. The van der Waals surface area contributed by atoms with Crippen molar-refractivity contribution in [1.82, 2.24) is 15.3 Å². The molecule has 2 rings (SSSR count). The van der Waals surface area contributed by atoms with Gasteiger partial charge in [0.2, 0.25) is 5.91 Å². The molecule has 0 atom stereocenters. The molecule has 4 nitrogen and oxygen atoms in total. The number of hydrogen-bond acceptors (Lipinski definition) is 2. The van der Waals surface area contributed by atoms with E-state index in [1.165, 1.54) is 5.56 Å². The number of carbonyl (C=O) groups excluding carboxylic acids is 1. The first-order valence-corrected chi connectivity index (χ1v) is 7.53. The molecule has 1 aromatic heterocycles. The Balaban J connectivity index is 1.61. The highest BCUT2D eigenvalue weighted by Crippen LogP contribution is 2.12. The van der Waals surface area contributed by atoms with Crippen molar-refractivity contribution < 1.29 is 4.79 Å². The molecule has 20 heavy (non-hydrogen) atoms. The quantitative estimate of drug-likeness (QED) is 0.764. The molecule has 2 N–H and O–H groups in total. The number of amides is 1. The molecule has 0 aliphatic carbocycles. The van der Waals surface area contributed by atoms with Crippen LogP contribution in [0.3, 0.4) is 0 Å². The van der Waals surface area contributed by atoms with Gasteiger partial charge in [-0.3, -0.25) is 4.79 Å². The van der Waals surface area contributed by atoms with Crippen LogP contribution in [0.5, 0.6) is 0 Å². The highest BCUT2D eigenvalue weighted by Gasteiger charge is 2.02. The van der Waals surface area contributed by atoms with Gasteiger partial charge in [-0.2, -0.15) is 0 Å². The molecule has 0 unspecified atom stereocenters. The summed E-state index contributed by atoms with van der Waals surface area (Å²) in [4.78, 5) is 18.9. The summed E-state index contributed by atoms with van der Waals surface area (Å²) < 4.78 is 1.05. The second kappa shape index (κ2) is 7.85. The van der Waals surface area contributed by atoms with Gasteiger partial charge in [-0.15, -0.1) is 0 Å². The largest absolute Gasteiger partial charge is 0.356 e. The Labute approximate surface area is 127 Å². The lowest BCUT2D eigenvalue weighted by molar-refractivity contribution is -0.121. The smallest absolute Gasteiger partial charge is 0.220 e. The number of benzene rings is 1. The SMILES string of the molecule is O=C(CCc1cccc(Br)c1)NCCCc1ncc[nH]1. The molecule has 0 fully saturated rings. The molecular formula is C15H18BrN3O. The molecule has 5 heteroatoms. The van der Waals surface area contributed by atoms with Crippen molar-refractivity contribution in [2.75, 3.05) is 6.54 Å². The molecule has 0 aliphatic heterocycles. The number of halogens is 1. The van der Waals surface area contributed by atoms with Crippen LogP contribution in [-0.2, 0) is 17.6 Å². The van der Waals surface area contributed by atoms with Gasteiger partial charge in [0.1, 0.15) is 5.82 Å². The Hall–Kier alpha value is -1.62. The van der Waals surface area contributed by atoms with Crippen molar-refractivity contribution >= 4 is 21.8 Å². The molecule has 1 heterocycles. The molecular weight excluding hydrogens is 318 g/mol. The number of nitrogens with one attached hydrogen (secondary N) is 2. The average Bonchev–Trinajstić information content (AvgIpc) is 2.95. The third kappa shape index (κ3) is 5.17. The summed E-state index contributed by atoms with van der Waals surface area (Å²) in [6.07, 6.45) is 6.60. The van der Waals surface area contributed by atoms with Crippen molar-refractivity contribution in [2.45, 2.75) is 25.7 Å². The Morgan fingerprint density at radius 1 is 1.35 bits per heavy atom. The van der Waals surface area contributed by atoms with Crippen molar-refractivity contribution in [1.29, 1.82) is 0 Å². The lowest BCUT2D eigenvalue weighted by Crippen LogP contribution is -2.25. The van der Waals surface area contributed by atoms with Crippen LogP contribution in [0.4, 0.5) is 0 Å². The fourth-order valence-electron chi connectivity index (χ4n) is 1.96. The molecule has 0 saturated carbocycles. The number of hydrogen-bond donors (Lipinski definition) is 2. The average molecular weight is 336 g/mol. The van der Waals surface area contributed by atoms with E-state index in [0.717, 1.165) is 29.6 Å². The van der Waals surface area contributed by atoms with E-state index in [4.69, 9.17) is 0 Å². The Morgan fingerprint density at radius 3 is 3.00 bits per heavy atom. The van der Waals surface area contributed by atoms with E-state index >= 15 is 0 Å². The van der Waals surface area contributed by atoms with Gasteiger partial charge in [-0.25, -0.2) is 4.98 Å². The minimum Gasteiger partial charge on any atom is -0.356 e. The topological polar surface area (TPSA) is 57.8 Å². The van der Waals surface area contributed by atoms with Crippen LogP contribution in [0.2, 0.25) is 0 Å². The van der Waals surface area contributed by atoms with E-state index in [1.54, 1.807) is 6.20 Å². The van der Waals surface area contributed by atoms with Crippen LogP contribution in [0.15, 0.2) is 41.1 Å². The summed E-state index contributed by atoms with van der Waals surface area (Å²) in [5.41, 5.74) is 1.17. The van der Waals surface area contributed by atoms with E-state index in [2.05, 4.69) is 31.2 Å². The summed E-state index contributed by atoms with van der Waals surface area (Å²) in [5.74, 6) is 1.07. The highest BCUT2D eigenvalue weighted by atomic mass is 79.9. The van der Waals surface area contributed by atoms with Crippen molar-refractivity contribution in [2.24, 2.45) is 0 Å². The van der Waals surface area contributed by atoms with Gasteiger partial charge < -0.3 is 10.3 Å². The zero-order valence-electron chi connectivity index (χ0n) is 11.2. The van der Waals surface area contributed by atoms with Crippen molar-refractivity contribution in [3.05, 3.63) is 52.5 Å². The van der Waals surface area contributed by atoms with Crippen LogP contribution < -0.4 is 5.32 Å². The maximum atomic E-state index is 11.7. The highest BCUT2D eigenvalue weighted by molar-refractivity contribution is 9.10. The Kier molecular flexibility index (Phi) is 5.80. The maximum absolute atomic E-state index is 11.7. The van der Waals surface area contributed by atoms with Crippen LogP contribution in [0, 0.1) is 0 Å². The normalized spacial score (nSPS) is 10.4. The number of H-pyrrole nitrogens is 1. The molecule has 0 radical (unpaired) electrons. The van der Waals surface area contributed by atoms with Gasteiger partial charge in [-0.1, -0.05) is 28.1 Å². The first-order chi connectivity index (χ1) is 9.74. The number of aryl methyl sites for hydroxylation is 2. The molecule has 0 saturated heterocycles. The number of imidazole rings is 1. The molecule has 106 valence electrons. The lowest BCUT2D eigenvalue weighted by Gasteiger charge is -2.05.